The molecule has 10 aromatic rings. The first-order valence-electron chi connectivity index (χ1n) is 16.5. The third-order valence-electron chi connectivity index (χ3n) is 9.15. The van der Waals surface area contributed by atoms with E-state index in [1.807, 2.05) is 109 Å². The highest BCUT2D eigenvalue weighted by Crippen LogP contribution is 2.38. The highest BCUT2D eigenvalue weighted by atomic mass is 16.3. The van der Waals surface area contributed by atoms with Gasteiger partial charge >= 0.3 is 0 Å². The van der Waals surface area contributed by atoms with Gasteiger partial charge in [-0.25, -0.2) is 19.9 Å². The van der Waals surface area contributed by atoms with E-state index in [1.165, 1.54) is 0 Å². The van der Waals surface area contributed by atoms with Gasteiger partial charge in [0.15, 0.2) is 22.8 Å². The molecule has 6 nitrogen and oxygen atoms in total. The Balaban J connectivity index is 1.04. The summed E-state index contributed by atoms with van der Waals surface area (Å²) in [6.07, 6.45) is 0. The van der Waals surface area contributed by atoms with Crippen molar-refractivity contribution in [3.63, 3.8) is 0 Å². The van der Waals surface area contributed by atoms with Crippen molar-refractivity contribution in [3.8, 4) is 56.4 Å². The summed E-state index contributed by atoms with van der Waals surface area (Å²) in [7, 11) is 0. The van der Waals surface area contributed by atoms with Crippen LogP contribution in [0.3, 0.4) is 0 Å². The van der Waals surface area contributed by atoms with Crippen LogP contribution in [0.1, 0.15) is 0 Å². The Hall–Kier alpha value is -6.92. The topological polar surface area (TPSA) is 77.8 Å². The van der Waals surface area contributed by atoms with E-state index in [-0.39, 0.29) is 0 Å². The second kappa shape index (κ2) is 11.4. The maximum Gasteiger partial charge on any atom is 0.180 e. The van der Waals surface area contributed by atoms with Gasteiger partial charge < -0.3 is 8.83 Å². The number of para-hydroxylation sites is 2. The summed E-state index contributed by atoms with van der Waals surface area (Å²) < 4.78 is 12.7. The second-order valence-electron chi connectivity index (χ2n) is 12.2. The lowest BCUT2D eigenvalue weighted by atomic mass is 10.00. The zero-order chi connectivity index (χ0) is 33.0. The molecule has 0 unspecified atom stereocenters. The second-order valence-corrected chi connectivity index (χ2v) is 12.2. The minimum atomic E-state index is 0.665. The highest BCUT2D eigenvalue weighted by Gasteiger charge is 2.20. The lowest BCUT2D eigenvalue weighted by Gasteiger charge is -2.09. The van der Waals surface area contributed by atoms with Crippen LogP contribution in [0.25, 0.3) is 101 Å². The van der Waals surface area contributed by atoms with Gasteiger partial charge in [0.1, 0.15) is 33.6 Å². The maximum atomic E-state index is 6.34. The van der Waals surface area contributed by atoms with Crippen LogP contribution in [0, 0.1) is 0 Å². The van der Waals surface area contributed by atoms with E-state index in [0.29, 0.717) is 22.8 Å². The third-order valence-corrected chi connectivity index (χ3v) is 9.15. The van der Waals surface area contributed by atoms with Gasteiger partial charge in [-0.15, -0.1) is 0 Å². The third kappa shape index (κ3) is 4.65. The number of hydrogen-bond acceptors (Lipinski definition) is 6. The van der Waals surface area contributed by atoms with Crippen molar-refractivity contribution in [1.29, 1.82) is 0 Å². The van der Waals surface area contributed by atoms with Crippen molar-refractivity contribution < 1.29 is 8.83 Å². The summed E-state index contributed by atoms with van der Waals surface area (Å²) in [6, 6.07) is 53.0. The predicted molar refractivity (Wildman–Crippen MR) is 199 cm³/mol. The fourth-order valence-electron chi connectivity index (χ4n) is 6.65. The Labute approximate surface area is 286 Å². The van der Waals surface area contributed by atoms with Crippen molar-refractivity contribution in [1.82, 2.24) is 19.9 Å². The quantitative estimate of drug-likeness (QED) is 0.186. The first-order valence-corrected chi connectivity index (χ1v) is 16.5. The fraction of sp³-hybridized carbons (Fsp3) is 0. The molecule has 0 saturated carbocycles. The van der Waals surface area contributed by atoms with Gasteiger partial charge in [0, 0.05) is 33.0 Å². The normalized spacial score (nSPS) is 11.6. The van der Waals surface area contributed by atoms with Crippen molar-refractivity contribution in [2.24, 2.45) is 0 Å². The standard InChI is InChI=1S/C44H26N4O2/c1-3-11-31(12-4-1)43-45-37(41-39(47-43)33-15-7-9-17-35(33)49-41)29-23-19-27(20-24-29)28-21-25-30(26-22-28)38-42-40(34-16-8-10-18-36(34)50-42)48-44(46-38)32-13-5-2-6-14-32/h1-26H. The summed E-state index contributed by atoms with van der Waals surface area (Å²) in [5, 5.41) is 1.94. The highest BCUT2D eigenvalue weighted by molar-refractivity contribution is 6.08. The number of fused-ring (bicyclic) bond motifs is 6. The molecular formula is C44H26N4O2. The van der Waals surface area contributed by atoms with Crippen LogP contribution >= 0.6 is 0 Å². The van der Waals surface area contributed by atoms with E-state index in [2.05, 4.69) is 48.5 Å². The molecule has 0 atom stereocenters. The van der Waals surface area contributed by atoms with E-state index in [1.54, 1.807) is 0 Å². The van der Waals surface area contributed by atoms with E-state index < -0.39 is 0 Å². The van der Waals surface area contributed by atoms with Gasteiger partial charge in [-0.2, -0.15) is 0 Å². The minimum Gasteiger partial charge on any atom is -0.452 e. The van der Waals surface area contributed by atoms with Gasteiger partial charge in [-0.3, -0.25) is 0 Å². The molecule has 10 rings (SSSR count). The Morgan fingerprint density at radius 2 is 0.660 bits per heavy atom. The molecule has 234 valence electrons. The largest absolute Gasteiger partial charge is 0.452 e. The summed E-state index contributed by atoms with van der Waals surface area (Å²) in [5.41, 5.74) is 12.1. The van der Waals surface area contributed by atoms with Crippen LogP contribution in [-0.4, -0.2) is 19.9 Å². The van der Waals surface area contributed by atoms with Crippen LogP contribution in [0.2, 0.25) is 0 Å². The zero-order valence-corrected chi connectivity index (χ0v) is 26.6. The van der Waals surface area contributed by atoms with E-state index in [9.17, 15) is 0 Å². The van der Waals surface area contributed by atoms with Gasteiger partial charge in [0.25, 0.3) is 0 Å². The Bertz CT molecular complexity index is 2640. The molecule has 0 aliphatic rings. The maximum absolute atomic E-state index is 6.34. The van der Waals surface area contributed by atoms with Crippen LogP contribution < -0.4 is 0 Å². The van der Waals surface area contributed by atoms with Crippen LogP contribution in [0.4, 0.5) is 0 Å². The van der Waals surface area contributed by atoms with Crippen molar-refractivity contribution >= 4 is 44.1 Å². The first kappa shape index (κ1) is 28.1. The molecule has 4 heterocycles. The molecule has 6 aromatic carbocycles. The average molecular weight is 643 g/mol. The molecule has 0 N–H and O–H groups in total. The number of aromatic nitrogens is 4. The lowest BCUT2D eigenvalue weighted by molar-refractivity contribution is 0.667. The SMILES string of the molecule is c1ccc(-c2nc(-c3ccc(-c4ccc(-c5nc(-c6ccccc6)nc6c5oc5ccccc56)cc4)cc3)c3oc4ccccc4c3n2)cc1. The predicted octanol–water partition coefficient (Wildman–Crippen LogP) is 11.4. The molecule has 6 heteroatoms. The molecule has 0 fully saturated rings. The molecule has 0 bridgehead atoms. The number of rotatable bonds is 5. The minimum absolute atomic E-state index is 0.665. The van der Waals surface area contributed by atoms with E-state index in [0.717, 1.165) is 77.7 Å². The number of nitrogens with zero attached hydrogens (tertiary/aromatic N) is 4. The molecule has 0 aliphatic heterocycles. The van der Waals surface area contributed by atoms with Crippen LogP contribution in [-0.2, 0) is 0 Å². The molecular weight excluding hydrogens is 617 g/mol. The van der Waals surface area contributed by atoms with Crippen molar-refractivity contribution in [2.45, 2.75) is 0 Å². The van der Waals surface area contributed by atoms with Gasteiger partial charge in [0.05, 0.1) is 0 Å². The number of hydrogen-bond donors (Lipinski definition) is 0. The summed E-state index contributed by atoms with van der Waals surface area (Å²) in [4.78, 5) is 20.0. The Morgan fingerprint density at radius 3 is 1.08 bits per heavy atom. The van der Waals surface area contributed by atoms with Crippen molar-refractivity contribution in [3.05, 3.63) is 158 Å². The summed E-state index contributed by atoms with van der Waals surface area (Å²) in [5.74, 6) is 1.33. The molecule has 0 amide bonds. The molecule has 4 aromatic heterocycles. The van der Waals surface area contributed by atoms with E-state index in [4.69, 9.17) is 28.8 Å². The smallest absolute Gasteiger partial charge is 0.180 e. The molecule has 0 radical (unpaired) electrons. The van der Waals surface area contributed by atoms with Crippen LogP contribution in [0.5, 0.6) is 0 Å². The van der Waals surface area contributed by atoms with E-state index >= 15 is 0 Å². The van der Waals surface area contributed by atoms with Gasteiger partial charge in [-0.1, -0.05) is 133 Å². The van der Waals surface area contributed by atoms with Gasteiger partial charge in [-0.05, 0) is 35.4 Å². The lowest BCUT2D eigenvalue weighted by Crippen LogP contribution is -1.94. The molecule has 50 heavy (non-hydrogen) atoms. The van der Waals surface area contributed by atoms with Crippen molar-refractivity contribution in [2.75, 3.05) is 0 Å². The van der Waals surface area contributed by atoms with Gasteiger partial charge in [0.2, 0.25) is 0 Å². The monoisotopic (exact) mass is 642 g/mol. The molecule has 0 aliphatic carbocycles. The first-order chi connectivity index (χ1) is 24.8. The summed E-state index contributed by atoms with van der Waals surface area (Å²) in [6.45, 7) is 0. The molecule has 0 spiro atoms. The Kier molecular flexibility index (Phi) is 6.39. The average Bonchev–Trinajstić information content (AvgIpc) is 3.77. The number of furan rings is 2. The fourth-order valence-corrected chi connectivity index (χ4v) is 6.65. The Morgan fingerprint density at radius 1 is 0.300 bits per heavy atom. The molecule has 0 saturated heterocycles. The van der Waals surface area contributed by atoms with Crippen LogP contribution in [0.15, 0.2) is 167 Å². The zero-order valence-electron chi connectivity index (χ0n) is 26.6. The summed E-state index contributed by atoms with van der Waals surface area (Å²) >= 11 is 0. The number of benzene rings is 6.